The van der Waals surface area contributed by atoms with Gasteiger partial charge in [0.2, 0.25) is 5.91 Å². The maximum absolute atomic E-state index is 11.9. The lowest BCUT2D eigenvalue weighted by Crippen LogP contribution is -2.49. The SMILES string of the molecule is CCNC(=O)CN(C)C(=O)N(C)C(CC)C(=O)O. The molecule has 0 spiro atoms. The number of carboxylic acid groups (broad SMARTS) is 1. The summed E-state index contributed by atoms with van der Waals surface area (Å²) in [7, 11) is 2.88. The number of carboxylic acids is 1. The number of urea groups is 1. The molecule has 7 heteroatoms. The highest BCUT2D eigenvalue weighted by molar-refractivity contribution is 5.86. The van der Waals surface area contributed by atoms with Crippen molar-refractivity contribution < 1.29 is 19.5 Å². The Labute approximate surface area is 107 Å². The highest BCUT2D eigenvalue weighted by atomic mass is 16.4. The Bertz CT molecular complexity index is 319. The number of carbonyl (C=O) groups is 3. The molecule has 3 amide bonds. The summed E-state index contributed by atoms with van der Waals surface area (Å²) in [5.74, 6) is -1.33. The Balaban J connectivity index is 4.53. The molecule has 0 aliphatic carbocycles. The van der Waals surface area contributed by atoms with Crippen LogP contribution in [0.25, 0.3) is 0 Å². The minimum Gasteiger partial charge on any atom is -0.480 e. The summed E-state index contributed by atoms with van der Waals surface area (Å²) in [5, 5.41) is 11.5. The number of hydrogen-bond acceptors (Lipinski definition) is 3. The third-order valence-corrected chi connectivity index (χ3v) is 2.52. The van der Waals surface area contributed by atoms with Gasteiger partial charge < -0.3 is 20.2 Å². The predicted molar refractivity (Wildman–Crippen MR) is 66.2 cm³/mol. The van der Waals surface area contributed by atoms with Gasteiger partial charge in [-0.3, -0.25) is 4.79 Å². The van der Waals surface area contributed by atoms with E-state index in [4.69, 9.17) is 5.11 Å². The number of carbonyl (C=O) groups excluding carboxylic acids is 2. The van der Waals surface area contributed by atoms with Gasteiger partial charge in [0.15, 0.2) is 0 Å². The molecule has 0 aromatic heterocycles. The van der Waals surface area contributed by atoms with Crippen molar-refractivity contribution in [1.29, 1.82) is 0 Å². The first-order chi connectivity index (χ1) is 8.34. The van der Waals surface area contributed by atoms with E-state index in [2.05, 4.69) is 5.32 Å². The molecule has 1 atom stereocenters. The maximum atomic E-state index is 11.9. The van der Waals surface area contributed by atoms with Gasteiger partial charge in [-0.15, -0.1) is 0 Å². The van der Waals surface area contributed by atoms with Crippen LogP contribution in [0.3, 0.4) is 0 Å². The van der Waals surface area contributed by atoms with Crippen LogP contribution in [0.5, 0.6) is 0 Å². The second-order valence-corrected chi connectivity index (χ2v) is 3.97. The molecule has 0 rings (SSSR count). The minimum absolute atomic E-state index is 0.0902. The highest BCUT2D eigenvalue weighted by Gasteiger charge is 2.27. The molecule has 18 heavy (non-hydrogen) atoms. The Morgan fingerprint density at radius 2 is 1.78 bits per heavy atom. The summed E-state index contributed by atoms with van der Waals surface area (Å²) in [4.78, 5) is 36.5. The Morgan fingerprint density at radius 3 is 2.17 bits per heavy atom. The number of hydrogen-bond donors (Lipinski definition) is 2. The maximum Gasteiger partial charge on any atom is 0.326 e. The summed E-state index contributed by atoms with van der Waals surface area (Å²) < 4.78 is 0. The molecular weight excluding hydrogens is 238 g/mol. The zero-order valence-electron chi connectivity index (χ0n) is 11.3. The van der Waals surface area contributed by atoms with E-state index in [9.17, 15) is 14.4 Å². The van der Waals surface area contributed by atoms with Crippen molar-refractivity contribution >= 4 is 17.9 Å². The second-order valence-electron chi connectivity index (χ2n) is 3.97. The Hall–Kier alpha value is -1.79. The topological polar surface area (TPSA) is 90.0 Å². The molecule has 0 heterocycles. The third-order valence-electron chi connectivity index (χ3n) is 2.52. The van der Waals surface area contributed by atoms with Gasteiger partial charge in [0.05, 0.1) is 0 Å². The lowest BCUT2D eigenvalue weighted by atomic mass is 10.2. The summed E-state index contributed by atoms with van der Waals surface area (Å²) >= 11 is 0. The highest BCUT2D eigenvalue weighted by Crippen LogP contribution is 2.05. The van der Waals surface area contributed by atoms with Crippen molar-refractivity contribution in [2.45, 2.75) is 26.3 Å². The first-order valence-corrected chi connectivity index (χ1v) is 5.82. The first kappa shape index (κ1) is 16.2. The van der Waals surface area contributed by atoms with Crippen LogP contribution in [-0.4, -0.2) is 66.0 Å². The van der Waals surface area contributed by atoms with Crippen LogP contribution in [0.1, 0.15) is 20.3 Å². The minimum atomic E-state index is -1.06. The average molecular weight is 259 g/mol. The average Bonchev–Trinajstić information content (AvgIpc) is 2.28. The number of nitrogens with zero attached hydrogens (tertiary/aromatic N) is 2. The van der Waals surface area contributed by atoms with E-state index in [1.165, 1.54) is 19.0 Å². The standard InChI is InChI=1S/C11H21N3O4/c1-5-8(10(16)17)14(4)11(18)13(3)7-9(15)12-6-2/h8H,5-7H2,1-4H3,(H,12,15)(H,16,17). The van der Waals surface area contributed by atoms with Crippen molar-refractivity contribution in [2.24, 2.45) is 0 Å². The quantitative estimate of drug-likeness (QED) is 0.701. The van der Waals surface area contributed by atoms with Gasteiger partial charge in [-0.25, -0.2) is 9.59 Å². The van der Waals surface area contributed by atoms with E-state index >= 15 is 0 Å². The monoisotopic (exact) mass is 259 g/mol. The number of aliphatic carboxylic acids is 1. The lowest BCUT2D eigenvalue weighted by Gasteiger charge is -2.28. The Morgan fingerprint density at radius 1 is 1.22 bits per heavy atom. The summed E-state index contributed by atoms with van der Waals surface area (Å²) in [6.07, 6.45) is 0.312. The summed E-state index contributed by atoms with van der Waals surface area (Å²) in [6, 6.07) is -1.37. The van der Waals surface area contributed by atoms with E-state index in [-0.39, 0.29) is 12.5 Å². The molecule has 2 N–H and O–H groups in total. The van der Waals surface area contributed by atoms with E-state index < -0.39 is 18.0 Å². The van der Waals surface area contributed by atoms with Crippen molar-refractivity contribution in [2.75, 3.05) is 27.2 Å². The number of likely N-dealkylation sites (N-methyl/N-ethyl adjacent to an activating group) is 3. The molecule has 0 radical (unpaired) electrons. The van der Waals surface area contributed by atoms with Gasteiger partial charge in [0, 0.05) is 20.6 Å². The molecule has 7 nitrogen and oxygen atoms in total. The van der Waals surface area contributed by atoms with Crippen molar-refractivity contribution in [1.82, 2.24) is 15.1 Å². The van der Waals surface area contributed by atoms with Crippen LogP contribution in [0.2, 0.25) is 0 Å². The molecule has 104 valence electrons. The molecule has 0 aromatic rings. The third kappa shape index (κ3) is 4.60. The van der Waals surface area contributed by atoms with Gasteiger partial charge in [0.1, 0.15) is 12.6 Å². The molecule has 1 unspecified atom stereocenters. The molecule has 0 aliphatic rings. The van der Waals surface area contributed by atoms with E-state index in [0.29, 0.717) is 13.0 Å². The second kappa shape index (κ2) is 7.52. The molecule has 0 saturated heterocycles. The van der Waals surface area contributed by atoms with Gasteiger partial charge in [-0.2, -0.15) is 0 Å². The van der Waals surface area contributed by atoms with Crippen molar-refractivity contribution in [3.05, 3.63) is 0 Å². The van der Waals surface area contributed by atoms with Crippen LogP contribution in [0.4, 0.5) is 4.79 Å². The predicted octanol–water partition coefficient (Wildman–Crippen LogP) is -0.0307. The lowest BCUT2D eigenvalue weighted by molar-refractivity contribution is -0.142. The normalized spacial score (nSPS) is 11.6. The Kier molecular flexibility index (Phi) is 6.77. The summed E-state index contributed by atoms with van der Waals surface area (Å²) in [5.41, 5.74) is 0. The smallest absolute Gasteiger partial charge is 0.326 e. The number of amides is 3. The van der Waals surface area contributed by atoms with Gasteiger partial charge in [0.25, 0.3) is 0 Å². The molecule has 0 bridgehead atoms. The zero-order chi connectivity index (χ0) is 14.3. The number of nitrogens with one attached hydrogen (secondary N) is 1. The van der Waals surface area contributed by atoms with Crippen LogP contribution < -0.4 is 5.32 Å². The van der Waals surface area contributed by atoms with Crippen LogP contribution in [-0.2, 0) is 9.59 Å². The number of rotatable bonds is 6. The molecular formula is C11H21N3O4. The largest absolute Gasteiger partial charge is 0.480 e. The van der Waals surface area contributed by atoms with Gasteiger partial charge >= 0.3 is 12.0 Å². The van der Waals surface area contributed by atoms with Crippen LogP contribution in [0, 0.1) is 0 Å². The van der Waals surface area contributed by atoms with E-state index in [0.717, 1.165) is 4.90 Å². The fraction of sp³-hybridized carbons (Fsp3) is 0.727. The fourth-order valence-corrected chi connectivity index (χ4v) is 1.55. The van der Waals surface area contributed by atoms with Gasteiger partial charge in [-0.05, 0) is 13.3 Å². The fourth-order valence-electron chi connectivity index (χ4n) is 1.55. The van der Waals surface area contributed by atoms with Crippen LogP contribution >= 0.6 is 0 Å². The molecule has 0 aliphatic heterocycles. The van der Waals surface area contributed by atoms with Crippen molar-refractivity contribution in [3.63, 3.8) is 0 Å². The molecule has 0 saturated carbocycles. The summed E-state index contributed by atoms with van der Waals surface area (Å²) in [6.45, 7) is 3.87. The van der Waals surface area contributed by atoms with Crippen LogP contribution in [0.15, 0.2) is 0 Å². The van der Waals surface area contributed by atoms with E-state index in [1.807, 2.05) is 0 Å². The van der Waals surface area contributed by atoms with Gasteiger partial charge in [-0.1, -0.05) is 6.92 Å². The zero-order valence-corrected chi connectivity index (χ0v) is 11.3. The molecule has 0 aromatic carbocycles. The first-order valence-electron chi connectivity index (χ1n) is 5.82. The van der Waals surface area contributed by atoms with Crippen molar-refractivity contribution in [3.8, 4) is 0 Å². The molecule has 0 fully saturated rings. The van der Waals surface area contributed by atoms with E-state index in [1.54, 1.807) is 13.8 Å².